The summed E-state index contributed by atoms with van der Waals surface area (Å²) in [6.45, 7) is 7.39. The maximum atomic E-state index is 12.8. The topological polar surface area (TPSA) is 70.7 Å². The van der Waals surface area contributed by atoms with Crippen molar-refractivity contribution in [2.75, 3.05) is 45.9 Å². The van der Waals surface area contributed by atoms with Crippen LogP contribution in [0.5, 0.6) is 5.75 Å². The molecule has 1 heterocycles. The number of nitrogens with zero attached hydrogens (tertiary/aromatic N) is 1. The summed E-state index contributed by atoms with van der Waals surface area (Å²) in [5.41, 5.74) is 0. The number of hydrogen-bond donors (Lipinski definition) is 2. The molecular formula is C18H25N3O3S. The first-order valence-corrected chi connectivity index (χ1v) is 10.2. The molecule has 0 spiro atoms. The Kier molecular flexibility index (Phi) is 5.90. The van der Waals surface area contributed by atoms with E-state index in [-0.39, 0.29) is 0 Å². The van der Waals surface area contributed by atoms with Gasteiger partial charge in [-0.15, -0.1) is 0 Å². The van der Waals surface area contributed by atoms with Crippen molar-refractivity contribution in [2.24, 2.45) is 0 Å². The zero-order chi connectivity index (χ0) is 17.7. The van der Waals surface area contributed by atoms with Crippen LogP contribution in [0.2, 0.25) is 0 Å². The van der Waals surface area contributed by atoms with Crippen molar-refractivity contribution in [3.8, 4) is 5.75 Å². The molecule has 1 saturated heterocycles. The third-order valence-corrected chi connectivity index (χ3v) is 5.88. The highest BCUT2D eigenvalue weighted by Gasteiger charge is 2.19. The van der Waals surface area contributed by atoms with Crippen LogP contribution in [-0.2, 0) is 10.0 Å². The van der Waals surface area contributed by atoms with Gasteiger partial charge in [0.15, 0.2) is 0 Å². The van der Waals surface area contributed by atoms with Gasteiger partial charge in [0.1, 0.15) is 5.75 Å². The molecule has 1 aliphatic heterocycles. The minimum absolute atomic E-state index is 0.298. The van der Waals surface area contributed by atoms with Crippen LogP contribution in [0.3, 0.4) is 0 Å². The molecule has 1 aliphatic rings. The molecule has 0 bridgehead atoms. The normalized spacial score (nSPS) is 16.2. The number of fused-ring (bicyclic) bond motifs is 1. The highest BCUT2D eigenvalue weighted by atomic mass is 32.2. The van der Waals surface area contributed by atoms with E-state index in [0.717, 1.165) is 38.1 Å². The number of hydrogen-bond acceptors (Lipinski definition) is 5. The van der Waals surface area contributed by atoms with Crippen LogP contribution in [0, 0.1) is 0 Å². The first kappa shape index (κ1) is 18.1. The molecular weight excluding hydrogens is 338 g/mol. The lowest BCUT2D eigenvalue weighted by molar-refractivity contribution is 0.245. The van der Waals surface area contributed by atoms with Gasteiger partial charge in [-0.25, -0.2) is 13.1 Å². The van der Waals surface area contributed by atoms with E-state index in [1.54, 1.807) is 12.1 Å². The van der Waals surface area contributed by atoms with Gasteiger partial charge in [0.25, 0.3) is 0 Å². The minimum Gasteiger partial charge on any atom is -0.493 e. The van der Waals surface area contributed by atoms with Gasteiger partial charge in [0, 0.05) is 50.0 Å². The first-order chi connectivity index (χ1) is 12.1. The van der Waals surface area contributed by atoms with E-state index in [9.17, 15) is 8.42 Å². The van der Waals surface area contributed by atoms with E-state index in [1.807, 2.05) is 31.2 Å². The highest BCUT2D eigenvalue weighted by Crippen LogP contribution is 2.30. The van der Waals surface area contributed by atoms with Crippen LogP contribution in [0.1, 0.15) is 6.92 Å². The van der Waals surface area contributed by atoms with Gasteiger partial charge >= 0.3 is 0 Å². The molecule has 1 fully saturated rings. The average Bonchev–Trinajstić information content (AvgIpc) is 2.63. The van der Waals surface area contributed by atoms with E-state index < -0.39 is 10.0 Å². The van der Waals surface area contributed by atoms with Gasteiger partial charge in [-0.05, 0) is 19.1 Å². The molecule has 6 nitrogen and oxygen atoms in total. The van der Waals surface area contributed by atoms with Crippen molar-refractivity contribution in [3.05, 3.63) is 36.4 Å². The Labute approximate surface area is 149 Å². The number of ether oxygens (including phenoxy) is 1. The molecule has 0 saturated carbocycles. The molecule has 0 radical (unpaired) electrons. The Morgan fingerprint density at radius 1 is 1.12 bits per heavy atom. The van der Waals surface area contributed by atoms with Gasteiger partial charge in [-0.1, -0.05) is 24.3 Å². The summed E-state index contributed by atoms with van der Waals surface area (Å²) < 4.78 is 33.9. The number of benzene rings is 2. The summed E-state index contributed by atoms with van der Waals surface area (Å²) in [6, 6.07) is 10.8. The number of piperazine rings is 1. The van der Waals surface area contributed by atoms with Crippen LogP contribution >= 0.6 is 0 Å². The number of nitrogens with one attached hydrogen (secondary N) is 2. The van der Waals surface area contributed by atoms with Crippen molar-refractivity contribution >= 4 is 20.8 Å². The van der Waals surface area contributed by atoms with Gasteiger partial charge in [-0.3, -0.25) is 4.90 Å². The van der Waals surface area contributed by atoms with Gasteiger partial charge < -0.3 is 10.1 Å². The standard InChI is InChI=1S/C18H25N3O3S/c1-2-24-17-7-8-18(16-6-4-3-5-15(16)17)25(22,23)20-11-14-21-12-9-19-10-13-21/h3-8,19-20H,2,9-14H2,1H3. The fourth-order valence-electron chi connectivity index (χ4n) is 3.11. The van der Waals surface area contributed by atoms with E-state index in [4.69, 9.17) is 4.74 Å². The monoisotopic (exact) mass is 363 g/mol. The molecule has 0 aromatic heterocycles. The predicted octanol–water partition coefficient (Wildman–Crippen LogP) is 1.42. The van der Waals surface area contributed by atoms with Crippen LogP contribution in [-0.4, -0.2) is 59.2 Å². The summed E-state index contributed by atoms with van der Waals surface area (Å²) in [5.74, 6) is 0.706. The molecule has 2 aromatic rings. The molecule has 136 valence electrons. The fourth-order valence-corrected chi connectivity index (χ4v) is 4.34. The Morgan fingerprint density at radius 2 is 1.84 bits per heavy atom. The lowest BCUT2D eigenvalue weighted by Gasteiger charge is -2.27. The Bertz CT molecular complexity index is 817. The lowest BCUT2D eigenvalue weighted by atomic mass is 10.1. The van der Waals surface area contributed by atoms with Crippen molar-refractivity contribution < 1.29 is 13.2 Å². The second-order valence-corrected chi connectivity index (χ2v) is 7.77. The SMILES string of the molecule is CCOc1ccc(S(=O)(=O)NCCN2CCNCC2)c2ccccc12. The second kappa shape index (κ2) is 8.14. The van der Waals surface area contributed by atoms with E-state index in [2.05, 4.69) is 14.9 Å². The summed E-state index contributed by atoms with van der Waals surface area (Å²) in [4.78, 5) is 2.56. The largest absolute Gasteiger partial charge is 0.493 e. The smallest absolute Gasteiger partial charge is 0.241 e. The van der Waals surface area contributed by atoms with Crippen molar-refractivity contribution in [1.82, 2.24) is 14.9 Å². The summed E-state index contributed by atoms with van der Waals surface area (Å²) in [6.07, 6.45) is 0. The fraction of sp³-hybridized carbons (Fsp3) is 0.444. The molecule has 7 heteroatoms. The molecule has 2 N–H and O–H groups in total. The number of sulfonamides is 1. The Hall–Kier alpha value is -1.67. The molecule has 0 unspecified atom stereocenters. The third kappa shape index (κ3) is 4.30. The zero-order valence-electron chi connectivity index (χ0n) is 14.5. The maximum Gasteiger partial charge on any atom is 0.241 e. The zero-order valence-corrected chi connectivity index (χ0v) is 15.3. The average molecular weight is 363 g/mol. The first-order valence-electron chi connectivity index (χ1n) is 8.69. The molecule has 25 heavy (non-hydrogen) atoms. The van der Waals surface area contributed by atoms with E-state index in [0.29, 0.717) is 29.2 Å². The Morgan fingerprint density at radius 3 is 2.56 bits per heavy atom. The van der Waals surface area contributed by atoms with Crippen molar-refractivity contribution in [2.45, 2.75) is 11.8 Å². The number of rotatable bonds is 7. The third-order valence-electron chi connectivity index (χ3n) is 4.36. The minimum atomic E-state index is -3.57. The van der Waals surface area contributed by atoms with Gasteiger partial charge in [-0.2, -0.15) is 0 Å². The van der Waals surface area contributed by atoms with Crippen LogP contribution in [0.4, 0.5) is 0 Å². The lowest BCUT2D eigenvalue weighted by Crippen LogP contribution is -2.46. The van der Waals surface area contributed by atoms with Gasteiger partial charge in [0.05, 0.1) is 11.5 Å². The van der Waals surface area contributed by atoms with E-state index in [1.165, 1.54) is 0 Å². The van der Waals surface area contributed by atoms with Crippen LogP contribution < -0.4 is 14.8 Å². The van der Waals surface area contributed by atoms with Gasteiger partial charge in [0.2, 0.25) is 10.0 Å². The van der Waals surface area contributed by atoms with E-state index >= 15 is 0 Å². The Balaban J connectivity index is 1.78. The molecule has 2 aromatic carbocycles. The summed E-state index contributed by atoms with van der Waals surface area (Å²) in [5, 5.41) is 4.79. The van der Waals surface area contributed by atoms with Crippen molar-refractivity contribution in [3.63, 3.8) is 0 Å². The second-order valence-electron chi connectivity index (χ2n) is 6.03. The molecule has 0 aliphatic carbocycles. The van der Waals surface area contributed by atoms with Crippen LogP contribution in [0.15, 0.2) is 41.3 Å². The molecule has 3 rings (SSSR count). The molecule has 0 amide bonds. The molecule has 0 atom stereocenters. The van der Waals surface area contributed by atoms with Crippen molar-refractivity contribution in [1.29, 1.82) is 0 Å². The maximum absolute atomic E-state index is 12.8. The predicted molar refractivity (Wildman–Crippen MR) is 99.6 cm³/mol. The van der Waals surface area contributed by atoms with Crippen LogP contribution in [0.25, 0.3) is 10.8 Å². The summed E-state index contributed by atoms with van der Waals surface area (Å²) >= 11 is 0. The highest BCUT2D eigenvalue weighted by molar-refractivity contribution is 7.89. The summed E-state index contributed by atoms with van der Waals surface area (Å²) in [7, 11) is -3.57. The quantitative estimate of drug-likeness (QED) is 0.779.